The van der Waals surface area contributed by atoms with Gasteiger partial charge in [0.2, 0.25) is 11.7 Å². The lowest BCUT2D eigenvalue weighted by Crippen LogP contribution is -1.98. The number of aromatic nitrogens is 2. The van der Waals surface area contributed by atoms with Crippen molar-refractivity contribution in [3.05, 3.63) is 34.1 Å². The molecule has 0 aliphatic rings. The Morgan fingerprint density at radius 3 is 2.90 bits per heavy atom. The third-order valence-corrected chi connectivity index (χ3v) is 3.87. The largest absolute Gasteiger partial charge is 0.481 e. The molecule has 20 heavy (non-hydrogen) atoms. The van der Waals surface area contributed by atoms with Gasteiger partial charge in [-0.05, 0) is 28.1 Å². The van der Waals surface area contributed by atoms with Gasteiger partial charge in [-0.1, -0.05) is 5.16 Å². The van der Waals surface area contributed by atoms with Gasteiger partial charge >= 0.3 is 5.97 Å². The molecule has 2 aromatic rings. The van der Waals surface area contributed by atoms with E-state index in [0.29, 0.717) is 0 Å². The molecule has 0 unspecified atom stereocenters. The van der Waals surface area contributed by atoms with Gasteiger partial charge in [-0.3, -0.25) is 4.79 Å². The lowest BCUT2D eigenvalue weighted by atomic mass is 10.2. The number of rotatable bonds is 5. The minimum absolute atomic E-state index is 0.0907. The highest BCUT2D eigenvalue weighted by molar-refractivity contribution is 9.10. The van der Waals surface area contributed by atoms with E-state index in [1.165, 1.54) is 6.07 Å². The molecule has 1 aromatic carbocycles. The number of carboxylic acids is 1. The van der Waals surface area contributed by atoms with Crippen LogP contribution in [0.2, 0.25) is 0 Å². The van der Waals surface area contributed by atoms with Crippen molar-refractivity contribution in [3.63, 3.8) is 0 Å². The fourth-order valence-corrected chi connectivity index (χ4v) is 2.41. The highest BCUT2D eigenvalue weighted by Crippen LogP contribution is 2.30. The average molecular weight is 365 g/mol. The van der Waals surface area contributed by atoms with E-state index in [2.05, 4.69) is 26.1 Å². The van der Waals surface area contributed by atoms with Crippen molar-refractivity contribution < 1.29 is 23.2 Å². The van der Waals surface area contributed by atoms with Crippen LogP contribution in [0.1, 0.15) is 5.89 Å². The topological polar surface area (TPSA) is 76.2 Å². The quantitative estimate of drug-likeness (QED) is 0.821. The Morgan fingerprint density at radius 2 is 2.20 bits per heavy atom. The fraction of sp³-hybridized carbons (Fsp3) is 0.182. The van der Waals surface area contributed by atoms with Crippen molar-refractivity contribution in [2.75, 3.05) is 5.75 Å². The molecule has 0 fully saturated rings. The van der Waals surface area contributed by atoms with Crippen LogP contribution < -0.4 is 0 Å². The van der Waals surface area contributed by atoms with Crippen LogP contribution in [-0.2, 0) is 10.5 Å². The zero-order chi connectivity index (χ0) is 14.7. The second-order valence-corrected chi connectivity index (χ2v) is 5.40. The standard InChI is InChI=1S/C11H7BrF2N2O3S/c12-9-5(1-2-6(13)10(9)14)11-15-7(19-16-11)3-20-4-8(17)18/h1-2H,3-4H2,(H,17,18). The molecule has 0 saturated carbocycles. The molecule has 0 amide bonds. The molecule has 0 atom stereocenters. The summed E-state index contributed by atoms with van der Waals surface area (Å²) < 4.78 is 31.2. The maximum absolute atomic E-state index is 13.4. The molecule has 1 aromatic heterocycles. The molecule has 0 saturated heterocycles. The van der Waals surface area contributed by atoms with E-state index >= 15 is 0 Å². The monoisotopic (exact) mass is 364 g/mol. The molecular weight excluding hydrogens is 358 g/mol. The Bertz CT molecular complexity index is 651. The van der Waals surface area contributed by atoms with E-state index in [-0.39, 0.29) is 33.3 Å². The highest BCUT2D eigenvalue weighted by Gasteiger charge is 2.17. The second kappa shape index (κ2) is 6.31. The Kier molecular flexibility index (Phi) is 4.71. The Morgan fingerprint density at radius 1 is 1.45 bits per heavy atom. The van der Waals surface area contributed by atoms with Gasteiger partial charge < -0.3 is 9.63 Å². The number of nitrogens with zero attached hydrogens (tertiary/aromatic N) is 2. The highest BCUT2D eigenvalue weighted by atomic mass is 79.9. The molecular formula is C11H7BrF2N2O3S. The lowest BCUT2D eigenvalue weighted by Gasteiger charge is -2.00. The summed E-state index contributed by atoms with van der Waals surface area (Å²) in [7, 11) is 0. The van der Waals surface area contributed by atoms with Crippen LogP contribution in [0.5, 0.6) is 0 Å². The fourth-order valence-electron chi connectivity index (χ4n) is 1.35. The Balaban J connectivity index is 2.17. The first-order chi connectivity index (χ1) is 9.49. The molecule has 1 N–H and O–H groups in total. The zero-order valence-corrected chi connectivity index (χ0v) is 12.2. The molecule has 9 heteroatoms. The summed E-state index contributed by atoms with van der Waals surface area (Å²) in [6.45, 7) is 0. The molecule has 0 aliphatic carbocycles. The molecule has 1 heterocycles. The number of hydrogen-bond acceptors (Lipinski definition) is 5. The predicted molar refractivity (Wildman–Crippen MR) is 71.1 cm³/mol. The van der Waals surface area contributed by atoms with Crippen LogP contribution >= 0.6 is 27.7 Å². The minimum Gasteiger partial charge on any atom is -0.481 e. The SMILES string of the molecule is O=C(O)CSCc1nc(-c2ccc(F)c(F)c2Br)no1. The van der Waals surface area contributed by atoms with E-state index < -0.39 is 17.6 Å². The van der Waals surface area contributed by atoms with Crippen molar-refractivity contribution in [2.45, 2.75) is 5.75 Å². The number of benzene rings is 1. The van der Waals surface area contributed by atoms with E-state index in [9.17, 15) is 13.6 Å². The summed E-state index contributed by atoms with van der Waals surface area (Å²) in [6, 6.07) is 2.28. The van der Waals surface area contributed by atoms with Crippen molar-refractivity contribution in [1.82, 2.24) is 10.1 Å². The molecule has 106 valence electrons. The molecule has 0 radical (unpaired) electrons. The van der Waals surface area contributed by atoms with Crippen LogP contribution in [-0.4, -0.2) is 27.0 Å². The third kappa shape index (κ3) is 3.34. The lowest BCUT2D eigenvalue weighted by molar-refractivity contribution is -0.133. The molecule has 0 spiro atoms. The molecule has 0 aliphatic heterocycles. The van der Waals surface area contributed by atoms with Crippen molar-refractivity contribution in [3.8, 4) is 11.4 Å². The minimum atomic E-state index is -1.03. The van der Waals surface area contributed by atoms with Crippen molar-refractivity contribution in [1.29, 1.82) is 0 Å². The van der Waals surface area contributed by atoms with Gasteiger partial charge in [-0.15, -0.1) is 11.8 Å². The number of carbonyl (C=O) groups is 1. The summed E-state index contributed by atoms with van der Waals surface area (Å²) in [5.74, 6) is -2.52. The first kappa shape index (κ1) is 14.9. The average Bonchev–Trinajstić information content (AvgIpc) is 2.84. The van der Waals surface area contributed by atoms with Gasteiger partial charge in [0.25, 0.3) is 0 Å². The van der Waals surface area contributed by atoms with Gasteiger partial charge in [0, 0.05) is 5.56 Å². The number of aliphatic carboxylic acids is 1. The van der Waals surface area contributed by atoms with Crippen LogP contribution in [0, 0.1) is 11.6 Å². The number of carboxylic acid groups (broad SMARTS) is 1. The first-order valence-electron chi connectivity index (χ1n) is 5.25. The Labute approximate surface area is 124 Å². The van der Waals surface area contributed by atoms with Crippen LogP contribution in [0.15, 0.2) is 21.1 Å². The maximum Gasteiger partial charge on any atom is 0.313 e. The van der Waals surface area contributed by atoms with E-state index in [1.807, 2.05) is 0 Å². The summed E-state index contributed by atoms with van der Waals surface area (Å²) >= 11 is 4.02. The molecule has 0 bridgehead atoms. The zero-order valence-electron chi connectivity index (χ0n) is 9.77. The van der Waals surface area contributed by atoms with Gasteiger partial charge in [0.1, 0.15) is 0 Å². The van der Waals surface area contributed by atoms with Crippen molar-refractivity contribution in [2.24, 2.45) is 0 Å². The van der Waals surface area contributed by atoms with Gasteiger partial charge in [-0.2, -0.15) is 4.98 Å². The van der Waals surface area contributed by atoms with Crippen molar-refractivity contribution >= 4 is 33.7 Å². The predicted octanol–water partition coefficient (Wildman–Crippen LogP) is 3.10. The summed E-state index contributed by atoms with van der Waals surface area (Å²) in [5.41, 5.74) is 0.252. The first-order valence-corrected chi connectivity index (χ1v) is 7.20. The van der Waals surface area contributed by atoms with Crippen LogP contribution in [0.3, 0.4) is 0 Å². The van der Waals surface area contributed by atoms with Gasteiger partial charge in [0.05, 0.1) is 16.0 Å². The molecule has 2 rings (SSSR count). The smallest absolute Gasteiger partial charge is 0.313 e. The van der Waals surface area contributed by atoms with Crippen LogP contribution in [0.25, 0.3) is 11.4 Å². The normalized spacial score (nSPS) is 10.8. The third-order valence-electron chi connectivity index (χ3n) is 2.20. The maximum atomic E-state index is 13.4. The number of hydrogen-bond donors (Lipinski definition) is 1. The van der Waals surface area contributed by atoms with Crippen LogP contribution in [0.4, 0.5) is 8.78 Å². The number of halogens is 3. The summed E-state index contributed by atoms with van der Waals surface area (Å²) in [4.78, 5) is 14.4. The second-order valence-electron chi connectivity index (χ2n) is 3.62. The van der Waals surface area contributed by atoms with E-state index in [0.717, 1.165) is 17.8 Å². The van der Waals surface area contributed by atoms with E-state index in [1.54, 1.807) is 0 Å². The number of thioether (sulfide) groups is 1. The van der Waals surface area contributed by atoms with Gasteiger partial charge in [-0.25, -0.2) is 8.78 Å². The Hall–Kier alpha value is -1.48. The summed E-state index contributed by atoms with van der Waals surface area (Å²) in [5, 5.41) is 12.1. The summed E-state index contributed by atoms with van der Waals surface area (Å²) in [6.07, 6.45) is 0. The molecule has 5 nitrogen and oxygen atoms in total. The van der Waals surface area contributed by atoms with Gasteiger partial charge in [0.15, 0.2) is 11.6 Å². The van der Waals surface area contributed by atoms with E-state index in [4.69, 9.17) is 9.63 Å².